The van der Waals surface area contributed by atoms with E-state index in [4.69, 9.17) is 21.1 Å². The lowest BCUT2D eigenvalue weighted by atomic mass is 10.2. The maximum atomic E-state index is 8.90. The van der Waals surface area contributed by atoms with Crippen LogP contribution in [-0.2, 0) is 13.2 Å². The summed E-state index contributed by atoms with van der Waals surface area (Å²) in [4.78, 5) is 5.99. The van der Waals surface area contributed by atoms with E-state index in [1.807, 2.05) is 36.2 Å². The lowest BCUT2D eigenvalue weighted by molar-refractivity contribution is 0.276. The van der Waals surface area contributed by atoms with E-state index >= 15 is 0 Å². The minimum Gasteiger partial charge on any atom is -0.432 e. The number of hydrogen-bond donors (Lipinski definition) is 1. The molecule has 1 aromatic heterocycles. The number of hydrogen-bond acceptors (Lipinski definition) is 4. The van der Waals surface area contributed by atoms with Crippen molar-refractivity contribution in [1.82, 2.24) is 4.98 Å². The molecule has 0 radical (unpaired) electrons. The first kappa shape index (κ1) is 12.0. The molecule has 5 heteroatoms. The van der Waals surface area contributed by atoms with Crippen LogP contribution < -0.4 is 4.90 Å². The summed E-state index contributed by atoms with van der Waals surface area (Å²) in [6.45, 7) is 0.556. The molecule has 1 N–H and O–H groups in total. The molecule has 0 spiro atoms. The second-order valence-electron chi connectivity index (χ2n) is 3.76. The van der Waals surface area contributed by atoms with E-state index in [-0.39, 0.29) is 6.61 Å². The van der Waals surface area contributed by atoms with Gasteiger partial charge in [0.05, 0.1) is 6.61 Å². The van der Waals surface area contributed by atoms with Crippen LogP contribution in [0.15, 0.2) is 34.9 Å². The Morgan fingerprint density at radius 2 is 2.06 bits per heavy atom. The monoisotopic (exact) mass is 252 g/mol. The van der Waals surface area contributed by atoms with Crippen LogP contribution in [0.4, 0.5) is 6.01 Å². The summed E-state index contributed by atoms with van der Waals surface area (Å²) in [6, 6.07) is 8.09. The predicted molar refractivity (Wildman–Crippen MR) is 66.0 cm³/mol. The zero-order chi connectivity index (χ0) is 12.3. The van der Waals surface area contributed by atoms with Gasteiger partial charge >= 0.3 is 0 Å². The number of aliphatic hydroxyl groups excluding tert-OH is 1. The molecule has 90 valence electrons. The van der Waals surface area contributed by atoms with Gasteiger partial charge < -0.3 is 14.4 Å². The van der Waals surface area contributed by atoms with Crippen LogP contribution in [0.1, 0.15) is 11.3 Å². The Balaban J connectivity index is 2.05. The molecule has 4 nitrogen and oxygen atoms in total. The molecule has 2 aromatic rings. The predicted octanol–water partition coefficient (Wildman–Crippen LogP) is 2.46. The van der Waals surface area contributed by atoms with E-state index in [1.54, 1.807) is 0 Å². The fourth-order valence-electron chi connectivity index (χ4n) is 1.48. The van der Waals surface area contributed by atoms with Crippen molar-refractivity contribution in [3.8, 4) is 0 Å². The van der Waals surface area contributed by atoms with E-state index in [2.05, 4.69) is 4.98 Å². The topological polar surface area (TPSA) is 49.5 Å². The van der Waals surface area contributed by atoms with Crippen LogP contribution in [-0.4, -0.2) is 17.1 Å². The van der Waals surface area contributed by atoms with E-state index in [0.717, 1.165) is 10.6 Å². The Hall–Kier alpha value is -1.52. The number of aromatic nitrogens is 1. The van der Waals surface area contributed by atoms with E-state index in [1.165, 1.54) is 6.26 Å². The van der Waals surface area contributed by atoms with Crippen LogP contribution in [0, 0.1) is 0 Å². The summed E-state index contributed by atoms with van der Waals surface area (Å²) in [6.07, 6.45) is 1.45. The number of benzene rings is 1. The minimum atomic E-state index is -0.113. The highest BCUT2D eigenvalue weighted by Gasteiger charge is 2.08. The molecule has 0 aliphatic carbocycles. The second-order valence-corrected chi connectivity index (χ2v) is 4.20. The third-order valence-corrected chi connectivity index (χ3v) is 2.61. The summed E-state index contributed by atoms with van der Waals surface area (Å²) in [7, 11) is 1.88. The van der Waals surface area contributed by atoms with Crippen LogP contribution in [0.3, 0.4) is 0 Å². The smallest absolute Gasteiger partial charge is 0.297 e. The number of nitrogens with zero attached hydrogens (tertiary/aromatic N) is 2. The third-order valence-electron chi connectivity index (χ3n) is 2.36. The summed E-state index contributed by atoms with van der Waals surface area (Å²) >= 11 is 5.82. The zero-order valence-corrected chi connectivity index (χ0v) is 10.2. The number of oxazole rings is 1. The van der Waals surface area contributed by atoms with Crippen LogP contribution in [0.25, 0.3) is 0 Å². The van der Waals surface area contributed by atoms with Crippen molar-refractivity contribution in [2.45, 2.75) is 13.2 Å². The molecule has 0 aliphatic heterocycles. The highest BCUT2D eigenvalue weighted by atomic mass is 35.5. The highest BCUT2D eigenvalue weighted by molar-refractivity contribution is 6.30. The quantitative estimate of drug-likeness (QED) is 0.908. The van der Waals surface area contributed by atoms with Gasteiger partial charge in [0, 0.05) is 18.6 Å². The van der Waals surface area contributed by atoms with Crippen LogP contribution >= 0.6 is 11.6 Å². The van der Waals surface area contributed by atoms with Gasteiger partial charge in [0.25, 0.3) is 6.01 Å². The van der Waals surface area contributed by atoms with Gasteiger partial charge in [-0.3, -0.25) is 0 Å². The summed E-state index contributed by atoms with van der Waals surface area (Å²) in [5.74, 6) is 0. The van der Waals surface area contributed by atoms with Crippen molar-refractivity contribution < 1.29 is 9.52 Å². The summed E-state index contributed by atoms with van der Waals surface area (Å²) in [5, 5.41) is 9.61. The Morgan fingerprint density at radius 3 is 2.65 bits per heavy atom. The first-order valence-corrected chi connectivity index (χ1v) is 5.57. The van der Waals surface area contributed by atoms with Crippen molar-refractivity contribution in [3.05, 3.63) is 46.8 Å². The molecule has 0 fully saturated rings. The Bertz CT molecular complexity index is 482. The minimum absolute atomic E-state index is 0.113. The molecule has 0 saturated carbocycles. The second kappa shape index (κ2) is 5.21. The normalized spacial score (nSPS) is 10.5. The zero-order valence-electron chi connectivity index (χ0n) is 9.43. The first-order chi connectivity index (χ1) is 8.19. The van der Waals surface area contributed by atoms with Crippen LogP contribution in [0.2, 0.25) is 5.02 Å². The van der Waals surface area contributed by atoms with Gasteiger partial charge in [-0.1, -0.05) is 23.7 Å². The van der Waals surface area contributed by atoms with Crippen molar-refractivity contribution >= 4 is 17.6 Å². The van der Waals surface area contributed by atoms with Crippen LogP contribution in [0.5, 0.6) is 0 Å². The van der Waals surface area contributed by atoms with Gasteiger partial charge in [-0.05, 0) is 17.7 Å². The molecule has 0 aliphatic rings. The molecule has 1 heterocycles. The van der Waals surface area contributed by atoms with Crippen molar-refractivity contribution in [1.29, 1.82) is 0 Å². The third kappa shape index (κ3) is 2.99. The average Bonchev–Trinajstić information content (AvgIpc) is 2.81. The van der Waals surface area contributed by atoms with E-state index < -0.39 is 0 Å². The molecule has 0 unspecified atom stereocenters. The average molecular weight is 253 g/mol. The molecular formula is C12H13ClN2O2. The van der Waals surface area contributed by atoms with Gasteiger partial charge in [0.2, 0.25) is 0 Å². The molecule has 0 amide bonds. The van der Waals surface area contributed by atoms with E-state index in [0.29, 0.717) is 18.3 Å². The first-order valence-electron chi connectivity index (χ1n) is 5.20. The number of halogens is 1. The molecule has 17 heavy (non-hydrogen) atoms. The maximum Gasteiger partial charge on any atom is 0.297 e. The molecule has 0 saturated heterocycles. The Morgan fingerprint density at radius 1 is 1.35 bits per heavy atom. The van der Waals surface area contributed by atoms with Gasteiger partial charge in [-0.15, -0.1) is 0 Å². The van der Waals surface area contributed by atoms with Gasteiger partial charge in [-0.25, -0.2) is 0 Å². The van der Waals surface area contributed by atoms with Crippen molar-refractivity contribution in [3.63, 3.8) is 0 Å². The van der Waals surface area contributed by atoms with Gasteiger partial charge in [0.1, 0.15) is 12.0 Å². The van der Waals surface area contributed by atoms with E-state index in [9.17, 15) is 0 Å². The largest absolute Gasteiger partial charge is 0.432 e. The molecule has 1 aromatic carbocycles. The van der Waals surface area contributed by atoms with Gasteiger partial charge in [0.15, 0.2) is 0 Å². The molecular weight excluding hydrogens is 240 g/mol. The standard InChI is InChI=1S/C12H13ClN2O2/c1-15(12-14-11(7-16)8-17-12)6-9-2-4-10(13)5-3-9/h2-5,8,16H,6-7H2,1H3. The number of rotatable bonds is 4. The van der Waals surface area contributed by atoms with Gasteiger partial charge in [-0.2, -0.15) is 4.98 Å². The van der Waals surface area contributed by atoms with Crippen molar-refractivity contribution in [2.75, 3.05) is 11.9 Å². The number of aliphatic hydroxyl groups is 1. The Kier molecular flexibility index (Phi) is 3.66. The highest BCUT2D eigenvalue weighted by Crippen LogP contribution is 2.16. The lowest BCUT2D eigenvalue weighted by Gasteiger charge is -2.14. The molecule has 0 bridgehead atoms. The fourth-order valence-corrected chi connectivity index (χ4v) is 1.60. The summed E-state index contributed by atoms with van der Waals surface area (Å²) in [5.41, 5.74) is 1.64. The molecule has 2 rings (SSSR count). The maximum absolute atomic E-state index is 8.90. The lowest BCUT2D eigenvalue weighted by Crippen LogP contribution is -2.16. The summed E-state index contributed by atoms with van der Waals surface area (Å²) < 4.78 is 5.24. The van der Waals surface area contributed by atoms with Crippen molar-refractivity contribution in [2.24, 2.45) is 0 Å². The number of anilines is 1. The molecule has 0 atom stereocenters. The fraction of sp³-hybridized carbons (Fsp3) is 0.250. The Labute approximate surface area is 104 Å². The SMILES string of the molecule is CN(Cc1ccc(Cl)cc1)c1nc(CO)co1.